The zero-order valence-corrected chi connectivity index (χ0v) is 12.4. The fourth-order valence-electron chi connectivity index (χ4n) is 1.57. The molecule has 0 aromatic heterocycles. The predicted molar refractivity (Wildman–Crippen MR) is 76.8 cm³/mol. The molecule has 0 heterocycles. The van der Waals surface area contributed by atoms with Crippen molar-refractivity contribution in [2.24, 2.45) is 0 Å². The van der Waals surface area contributed by atoms with Gasteiger partial charge in [0, 0.05) is 4.47 Å². The van der Waals surface area contributed by atoms with Crippen LogP contribution in [0, 0.1) is 13.8 Å². The summed E-state index contributed by atoms with van der Waals surface area (Å²) in [7, 11) is 0. The predicted octanol–water partition coefficient (Wildman–Crippen LogP) is 4.54. The molecular formula is C13H19BrOS. The Kier molecular flexibility index (Phi) is 6.29. The summed E-state index contributed by atoms with van der Waals surface area (Å²) in [5.41, 5.74) is 2.45. The molecule has 0 aliphatic carbocycles. The smallest absolute Gasteiger partial charge is 0.119 e. The van der Waals surface area contributed by atoms with E-state index in [1.54, 1.807) is 0 Å². The average Bonchev–Trinajstić information content (AvgIpc) is 2.25. The quantitative estimate of drug-likeness (QED) is 0.599. The van der Waals surface area contributed by atoms with Crippen LogP contribution in [0.15, 0.2) is 16.6 Å². The Hall–Kier alpha value is -0.150. The second kappa shape index (κ2) is 7.23. The summed E-state index contributed by atoms with van der Waals surface area (Å²) >= 11 is 7.74. The minimum atomic E-state index is 0.800. The van der Waals surface area contributed by atoms with Gasteiger partial charge in [-0.2, -0.15) is 12.6 Å². The Morgan fingerprint density at radius 2 is 1.75 bits per heavy atom. The van der Waals surface area contributed by atoms with E-state index in [9.17, 15) is 0 Å². The van der Waals surface area contributed by atoms with Crippen LogP contribution in [0.4, 0.5) is 0 Å². The molecule has 0 fully saturated rings. The van der Waals surface area contributed by atoms with Gasteiger partial charge >= 0.3 is 0 Å². The summed E-state index contributed by atoms with van der Waals surface area (Å²) in [6, 6.07) is 4.16. The molecule has 0 aliphatic heterocycles. The normalized spacial score (nSPS) is 10.5. The molecular weight excluding hydrogens is 284 g/mol. The van der Waals surface area contributed by atoms with Crippen LogP contribution in [0.25, 0.3) is 0 Å². The van der Waals surface area contributed by atoms with Crippen molar-refractivity contribution in [3.05, 3.63) is 27.7 Å². The van der Waals surface area contributed by atoms with Crippen LogP contribution in [0.5, 0.6) is 5.75 Å². The summed E-state index contributed by atoms with van der Waals surface area (Å²) in [5.74, 6) is 1.94. The first-order chi connectivity index (χ1) is 7.65. The van der Waals surface area contributed by atoms with Crippen molar-refractivity contribution >= 4 is 28.6 Å². The largest absolute Gasteiger partial charge is 0.494 e. The lowest BCUT2D eigenvalue weighted by atomic mass is 10.1. The van der Waals surface area contributed by atoms with Crippen molar-refractivity contribution in [1.82, 2.24) is 0 Å². The molecule has 1 aromatic rings. The Morgan fingerprint density at radius 3 is 2.31 bits per heavy atom. The van der Waals surface area contributed by atoms with Crippen molar-refractivity contribution in [3.8, 4) is 5.75 Å². The number of benzene rings is 1. The standard InChI is InChI=1S/C13H19BrOS/c1-10-8-12(9-11(2)13(10)14)15-6-4-3-5-7-16/h8-9,16H,3-7H2,1-2H3. The monoisotopic (exact) mass is 302 g/mol. The first-order valence-corrected chi connectivity index (χ1v) is 7.08. The highest BCUT2D eigenvalue weighted by Gasteiger charge is 2.02. The van der Waals surface area contributed by atoms with Crippen molar-refractivity contribution in [2.75, 3.05) is 12.4 Å². The topological polar surface area (TPSA) is 9.23 Å². The molecule has 0 radical (unpaired) electrons. The maximum absolute atomic E-state index is 5.72. The zero-order valence-electron chi connectivity index (χ0n) is 9.92. The fraction of sp³-hybridized carbons (Fsp3) is 0.538. The van der Waals surface area contributed by atoms with Gasteiger partial charge in [0.25, 0.3) is 0 Å². The third-order valence-corrected chi connectivity index (χ3v) is 4.05. The van der Waals surface area contributed by atoms with Gasteiger partial charge in [0.15, 0.2) is 0 Å². The second-order valence-corrected chi connectivity index (χ2v) is 5.24. The van der Waals surface area contributed by atoms with E-state index < -0.39 is 0 Å². The summed E-state index contributed by atoms with van der Waals surface area (Å²) in [6.07, 6.45) is 3.47. The van der Waals surface area contributed by atoms with E-state index in [2.05, 4.69) is 54.5 Å². The van der Waals surface area contributed by atoms with Crippen molar-refractivity contribution in [3.63, 3.8) is 0 Å². The van der Waals surface area contributed by atoms with Crippen molar-refractivity contribution in [2.45, 2.75) is 33.1 Å². The van der Waals surface area contributed by atoms with Crippen LogP contribution in [0.2, 0.25) is 0 Å². The molecule has 90 valence electrons. The second-order valence-electron chi connectivity index (χ2n) is 4.00. The molecule has 0 bridgehead atoms. The van der Waals surface area contributed by atoms with E-state index in [0.717, 1.165) is 24.5 Å². The van der Waals surface area contributed by atoms with Crippen LogP contribution in [0.3, 0.4) is 0 Å². The minimum absolute atomic E-state index is 0.800. The molecule has 3 heteroatoms. The van der Waals surface area contributed by atoms with Crippen LogP contribution in [0.1, 0.15) is 30.4 Å². The molecule has 0 N–H and O–H groups in total. The minimum Gasteiger partial charge on any atom is -0.494 e. The lowest BCUT2D eigenvalue weighted by Gasteiger charge is -2.09. The van der Waals surface area contributed by atoms with Gasteiger partial charge in [0.05, 0.1) is 6.61 Å². The van der Waals surface area contributed by atoms with E-state index >= 15 is 0 Å². The third-order valence-electron chi connectivity index (χ3n) is 2.48. The molecule has 1 rings (SSSR count). The highest BCUT2D eigenvalue weighted by atomic mass is 79.9. The fourth-order valence-corrected chi connectivity index (χ4v) is 2.02. The third kappa shape index (κ3) is 4.38. The first-order valence-electron chi connectivity index (χ1n) is 5.65. The van der Waals surface area contributed by atoms with Gasteiger partial charge in [-0.3, -0.25) is 0 Å². The van der Waals surface area contributed by atoms with E-state index in [1.807, 2.05) is 0 Å². The molecule has 0 saturated carbocycles. The number of rotatable bonds is 6. The lowest BCUT2D eigenvalue weighted by molar-refractivity contribution is 0.306. The molecule has 0 spiro atoms. The maximum atomic E-state index is 5.72. The van der Waals surface area contributed by atoms with Crippen molar-refractivity contribution in [1.29, 1.82) is 0 Å². The Bertz CT molecular complexity index is 316. The van der Waals surface area contributed by atoms with Crippen LogP contribution in [-0.2, 0) is 0 Å². The Morgan fingerprint density at radius 1 is 1.12 bits per heavy atom. The van der Waals surface area contributed by atoms with Gasteiger partial charge in [-0.25, -0.2) is 0 Å². The SMILES string of the molecule is Cc1cc(OCCCCCS)cc(C)c1Br. The van der Waals surface area contributed by atoms with Gasteiger partial charge in [0.2, 0.25) is 0 Å². The van der Waals surface area contributed by atoms with E-state index in [1.165, 1.54) is 28.4 Å². The number of unbranched alkanes of at least 4 members (excludes halogenated alkanes) is 2. The number of halogens is 1. The average molecular weight is 303 g/mol. The summed E-state index contributed by atoms with van der Waals surface area (Å²) in [4.78, 5) is 0. The van der Waals surface area contributed by atoms with Gasteiger partial charge in [0.1, 0.15) is 5.75 Å². The summed E-state index contributed by atoms with van der Waals surface area (Å²) in [5, 5.41) is 0. The molecule has 0 atom stereocenters. The van der Waals surface area contributed by atoms with E-state index in [0.29, 0.717) is 0 Å². The molecule has 0 unspecified atom stereocenters. The highest BCUT2D eigenvalue weighted by molar-refractivity contribution is 9.10. The molecule has 0 aliphatic rings. The summed E-state index contributed by atoms with van der Waals surface area (Å²) in [6.45, 7) is 4.98. The number of hydrogen-bond acceptors (Lipinski definition) is 2. The molecule has 1 nitrogen and oxygen atoms in total. The van der Waals surface area contributed by atoms with Crippen molar-refractivity contribution < 1.29 is 4.74 Å². The van der Waals surface area contributed by atoms with Gasteiger partial charge < -0.3 is 4.74 Å². The first kappa shape index (κ1) is 13.9. The Balaban J connectivity index is 2.43. The van der Waals surface area contributed by atoms with Gasteiger partial charge in [-0.15, -0.1) is 0 Å². The molecule has 1 aromatic carbocycles. The Labute approximate surface area is 112 Å². The van der Waals surface area contributed by atoms with Crippen LogP contribution >= 0.6 is 28.6 Å². The molecule has 0 saturated heterocycles. The molecule has 16 heavy (non-hydrogen) atoms. The zero-order chi connectivity index (χ0) is 12.0. The number of thiol groups is 1. The van der Waals surface area contributed by atoms with Crippen LogP contribution in [-0.4, -0.2) is 12.4 Å². The van der Waals surface area contributed by atoms with E-state index in [4.69, 9.17) is 4.74 Å². The van der Waals surface area contributed by atoms with Gasteiger partial charge in [-0.05, 0) is 62.1 Å². The van der Waals surface area contributed by atoms with Gasteiger partial charge in [-0.1, -0.05) is 15.9 Å². The summed E-state index contributed by atoms with van der Waals surface area (Å²) < 4.78 is 6.90. The number of ether oxygens (including phenoxy) is 1. The van der Waals surface area contributed by atoms with Crippen LogP contribution < -0.4 is 4.74 Å². The number of hydrogen-bond donors (Lipinski definition) is 1. The lowest BCUT2D eigenvalue weighted by Crippen LogP contribution is -1.98. The highest BCUT2D eigenvalue weighted by Crippen LogP contribution is 2.26. The number of aryl methyl sites for hydroxylation is 2. The van der Waals surface area contributed by atoms with E-state index in [-0.39, 0.29) is 0 Å². The molecule has 0 amide bonds. The maximum Gasteiger partial charge on any atom is 0.119 e.